The molecule has 2 aromatic rings. The largest absolute Gasteiger partial charge is 0.370 e. The van der Waals surface area contributed by atoms with Gasteiger partial charge in [-0.2, -0.15) is 0 Å². The molecule has 1 saturated heterocycles. The Morgan fingerprint density at radius 3 is 2.69 bits per heavy atom. The molecule has 1 aliphatic rings. The molecule has 3 rings (SSSR count). The molecule has 7 nitrogen and oxygen atoms in total. The maximum Gasteiger partial charge on any atom is 0.180 e. The summed E-state index contributed by atoms with van der Waals surface area (Å²) in [5.74, 6) is 1.99. The topological polar surface area (TPSA) is 88.1 Å². The van der Waals surface area contributed by atoms with Crippen LogP contribution in [0.3, 0.4) is 0 Å². The van der Waals surface area contributed by atoms with Crippen LogP contribution < -0.4 is 5.32 Å². The first-order chi connectivity index (χ1) is 12.6. The predicted octanol–water partition coefficient (Wildman–Crippen LogP) is 1.63. The first-order valence-electron chi connectivity index (χ1n) is 9.02. The lowest BCUT2D eigenvalue weighted by atomic mass is 10.2. The van der Waals surface area contributed by atoms with Gasteiger partial charge in [-0.05, 0) is 31.5 Å². The zero-order valence-electron chi connectivity index (χ0n) is 15.1. The summed E-state index contributed by atoms with van der Waals surface area (Å²) >= 11 is 0. The Labute approximate surface area is 154 Å². The highest BCUT2D eigenvalue weighted by atomic mass is 32.2. The van der Waals surface area contributed by atoms with Gasteiger partial charge in [-0.3, -0.25) is 4.98 Å². The summed E-state index contributed by atoms with van der Waals surface area (Å²) < 4.78 is 22.9. The van der Waals surface area contributed by atoms with Gasteiger partial charge >= 0.3 is 0 Å². The van der Waals surface area contributed by atoms with Gasteiger partial charge < -0.3 is 10.2 Å². The van der Waals surface area contributed by atoms with E-state index in [1.54, 1.807) is 6.20 Å². The molecule has 1 N–H and O–H groups in total. The second-order valence-corrected chi connectivity index (χ2v) is 8.71. The van der Waals surface area contributed by atoms with Gasteiger partial charge in [-0.15, -0.1) is 0 Å². The van der Waals surface area contributed by atoms with Crippen molar-refractivity contribution in [3.05, 3.63) is 36.2 Å². The van der Waals surface area contributed by atoms with Gasteiger partial charge in [0, 0.05) is 37.6 Å². The fourth-order valence-electron chi connectivity index (χ4n) is 2.87. The van der Waals surface area contributed by atoms with Crippen molar-refractivity contribution >= 4 is 15.7 Å². The third-order valence-corrected chi connectivity index (χ3v) is 6.04. The maximum absolute atomic E-state index is 11.5. The summed E-state index contributed by atoms with van der Waals surface area (Å²) in [5.41, 5.74) is 1.74. The second-order valence-electron chi connectivity index (χ2n) is 6.41. The van der Waals surface area contributed by atoms with E-state index in [0.29, 0.717) is 18.9 Å². The van der Waals surface area contributed by atoms with Gasteiger partial charge in [0.25, 0.3) is 0 Å². The number of nitrogens with zero attached hydrogens (tertiary/aromatic N) is 4. The van der Waals surface area contributed by atoms with Crippen LogP contribution in [0.4, 0.5) is 5.82 Å². The van der Waals surface area contributed by atoms with E-state index in [1.165, 1.54) is 0 Å². The van der Waals surface area contributed by atoms with Crippen LogP contribution in [0.15, 0.2) is 30.5 Å². The average Bonchev–Trinajstić information content (AvgIpc) is 2.67. The van der Waals surface area contributed by atoms with Crippen molar-refractivity contribution in [1.82, 2.24) is 19.9 Å². The van der Waals surface area contributed by atoms with E-state index in [4.69, 9.17) is 0 Å². The number of aromatic nitrogens is 3. The van der Waals surface area contributed by atoms with Crippen LogP contribution in [0.25, 0.3) is 11.5 Å². The molecule has 0 aromatic carbocycles. The zero-order valence-corrected chi connectivity index (χ0v) is 15.9. The van der Waals surface area contributed by atoms with Crippen molar-refractivity contribution < 1.29 is 8.42 Å². The van der Waals surface area contributed by atoms with E-state index in [1.807, 2.05) is 24.3 Å². The first-order valence-corrected chi connectivity index (χ1v) is 10.8. The Hall–Kier alpha value is -2.06. The minimum atomic E-state index is -2.81. The SMILES string of the molecule is CCc1cc(NCCCN2CCS(=O)(=O)CC2)nc(-c2ccccn2)n1. The van der Waals surface area contributed by atoms with Gasteiger partial charge in [0.05, 0.1) is 11.5 Å². The highest BCUT2D eigenvalue weighted by Crippen LogP contribution is 2.16. The quantitative estimate of drug-likeness (QED) is 0.736. The van der Waals surface area contributed by atoms with Crippen LogP contribution >= 0.6 is 0 Å². The molecule has 8 heteroatoms. The minimum Gasteiger partial charge on any atom is -0.370 e. The van der Waals surface area contributed by atoms with Crippen LogP contribution in [0.2, 0.25) is 0 Å². The molecular formula is C18H25N5O2S. The molecule has 0 spiro atoms. The monoisotopic (exact) mass is 375 g/mol. The normalized spacial score (nSPS) is 17.1. The third-order valence-electron chi connectivity index (χ3n) is 4.43. The Morgan fingerprint density at radius 1 is 1.19 bits per heavy atom. The first kappa shape index (κ1) is 18.7. The fraction of sp³-hybridized carbons (Fsp3) is 0.500. The van der Waals surface area contributed by atoms with Gasteiger partial charge in [-0.1, -0.05) is 13.0 Å². The lowest BCUT2D eigenvalue weighted by Crippen LogP contribution is -2.41. The molecule has 0 bridgehead atoms. The smallest absolute Gasteiger partial charge is 0.180 e. The van der Waals surface area contributed by atoms with Crippen LogP contribution in [-0.2, 0) is 16.3 Å². The number of rotatable bonds is 7. The van der Waals surface area contributed by atoms with Crippen molar-refractivity contribution in [2.45, 2.75) is 19.8 Å². The van der Waals surface area contributed by atoms with E-state index in [-0.39, 0.29) is 11.5 Å². The van der Waals surface area contributed by atoms with Crippen molar-refractivity contribution in [2.24, 2.45) is 0 Å². The summed E-state index contributed by atoms with van der Waals surface area (Å²) in [5, 5.41) is 3.36. The molecule has 0 radical (unpaired) electrons. The third kappa shape index (κ3) is 5.22. The van der Waals surface area contributed by atoms with Crippen LogP contribution in [0.1, 0.15) is 19.0 Å². The highest BCUT2D eigenvalue weighted by molar-refractivity contribution is 7.91. The molecule has 0 unspecified atom stereocenters. The van der Waals surface area contributed by atoms with Crippen molar-refractivity contribution in [3.63, 3.8) is 0 Å². The zero-order chi connectivity index (χ0) is 18.4. The second kappa shape index (κ2) is 8.55. The molecule has 0 aliphatic carbocycles. The number of nitrogens with one attached hydrogen (secondary N) is 1. The molecule has 0 atom stereocenters. The van der Waals surface area contributed by atoms with Crippen molar-refractivity contribution in [1.29, 1.82) is 0 Å². The van der Waals surface area contributed by atoms with Gasteiger partial charge in [0.1, 0.15) is 11.5 Å². The van der Waals surface area contributed by atoms with Gasteiger partial charge in [0.2, 0.25) is 0 Å². The van der Waals surface area contributed by atoms with Crippen molar-refractivity contribution in [2.75, 3.05) is 43.0 Å². The van der Waals surface area contributed by atoms with E-state index in [2.05, 4.69) is 32.1 Å². The minimum absolute atomic E-state index is 0.277. The Kier molecular flexibility index (Phi) is 6.16. The van der Waals surface area contributed by atoms with E-state index in [9.17, 15) is 8.42 Å². The van der Waals surface area contributed by atoms with E-state index >= 15 is 0 Å². The Bertz CT molecular complexity index is 813. The summed E-state index contributed by atoms with van der Waals surface area (Å²) in [6.07, 6.45) is 3.51. The van der Waals surface area contributed by atoms with Gasteiger partial charge in [0.15, 0.2) is 15.7 Å². The Morgan fingerprint density at radius 2 is 2.00 bits per heavy atom. The van der Waals surface area contributed by atoms with Gasteiger partial charge in [-0.25, -0.2) is 18.4 Å². The van der Waals surface area contributed by atoms with Crippen LogP contribution in [-0.4, -0.2) is 66.0 Å². The molecule has 0 amide bonds. The molecule has 0 saturated carbocycles. The van der Waals surface area contributed by atoms with Crippen LogP contribution in [0, 0.1) is 0 Å². The molecular weight excluding hydrogens is 350 g/mol. The lowest BCUT2D eigenvalue weighted by Gasteiger charge is -2.26. The molecule has 2 aromatic heterocycles. The van der Waals surface area contributed by atoms with Crippen molar-refractivity contribution in [3.8, 4) is 11.5 Å². The number of aryl methyl sites for hydroxylation is 1. The van der Waals surface area contributed by atoms with E-state index in [0.717, 1.165) is 43.1 Å². The number of sulfone groups is 1. The summed E-state index contributed by atoms with van der Waals surface area (Å²) in [7, 11) is -2.81. The molecule has 1 fully saturated rings. The highest BCUT2D eigenvalue weighted by Gasteiger charge is 2.20. The summed E-state index contributed by atoms with van der Waals surface area (Å²) in [6.45, 7) is 5.02. The molecule has 140 valence electrons. The molecule has 3 heterocycles. The van der Waals surface area contributed by atoms with E-state index < -0.39 is 9.84 Å². The summed E-state index contributed by atoms with van der Waals surface area (Å²) in [6, 6.07) is 7.68. The number of pyridine rings is 1. The average molecular weight is 375 g/mol. The summed E-state index contributed by atoms with van der Waals surface area (Å²) in [4.78, 5) is 15.7. The lowest BCUT2D eigenvalue weighted by molar-refractivity contribution is 0.294. The maximum atomic E-state index is 11.5. The number of hydrogen-bond donors (Lipinski definition) is 1. The standard InChI is InChI=1S/C18H25N5O2S/c1-2-15-14-17(22-18(21-15)16-6-3-4-7-19-16)20-8-5-9-23-10-12-26(24,25)13-11-23/h3-4,6-7,14H,2,5,8-13H2,1H3,(H,20,21,22). The fourth-order valence-corrected chi connectivity index (χ4v) is 4.15. The number of anilines is 1. The predicted molar refractivity (Wildman–Crippen MR) is 103 cm³/mol. The van der Waals surface area contributed by atoms with Crippen LogP contribution in [0.5, 0.6) is 0 Å². The number of hydrogen-bond acceptors (Lipinski definition) is 7. The molecule has 26 heavy (non-hydrogen) atoms. The Balaban J connectivity index is 1.55. The molecule has 1 aliphatic heterocycles.